The third kappa shape index (κ3) is 3.99. The summed E-state index contributed by atoms with van der Waals surface area (Å²) in [6.07, 6.45) is 5.25. The van der Waals surface area contributed by atoms with Gasteiger partial charge in [0.25, 0.3) is 0 Å². The van der Waals surface area contributed by atoms with E-state index in [1.165, 1.54) is 0 Å². The van der Waals surface area contributed by atoms with Crippen molar-refractivity contribution in [2.24, 2.45) is 0 Å². The number of Topliss-reactive ketones (excluding diaryl/α,β-unsaturated/α-hetero) is 1. The molecule has 0 saturated carbocycles. The molecule has 9 nitrogen and oxygen atoms in total. The van der Waals surface area contributed by atoms with E-state index in [1.807, 2.05) is 53.9 Å². The van der Waals surface area contributed by atoms with Crippen LogP contribution in [0.15, 0.2) is 78.6 Å². The van der Waals surface area contributed by atoms with E-state index in [-0.39, 0.29) is 12.2 Å². The molecule has 2 aromatic carbocycles. The van der Waals surface area contributed by atoms with Gasteiger partial charge in [0.05, 0.1) is 33.8 Å². The van der Waals surface area contributed by atoms with Crippen LogP contribution in [-0.2, 0) is 6.42 Å². The number of hydrogen-bond acceptors (Lipinski definition) is 8. The molecule has 178 valence electrons. The summed E-state index contributed by atoms with van der Waals surface area (Å²) < 4.78 is 0.982. The van der Waals surface area contributed by atoms with Crippen LogP contribution in [0.1, 0.15) is 16.1 Å². The van der Waals surface area contributed by atoms with E-state index in [1.54, 1.807) is 36.0 Å². The summed E-state index contributed by atoms with van der Waals surface area (Å²) in [5.41, 5.74) is 5.84. The lowest BCUT2D eigenvalue weighted by molar-refractivity contribution is 0.0989. The van der Waals surface area contributed by atoms with Crippen LogP contribution in [0.5, 0.6) is 0 Å². The third-order valence-electron chi connectivity index (χ3n) is 6.20. The highest BCUT2D eigenvalue weighted by Crippen LogP contribution is 2.32. The largest absolute Gasteiger partial charge is 0.352 e. The summed E-state index contributed by atoms with van der Waals surface area (Å²) in [5, 5.41) is 22.1. The third-order valence-corrected chi connectivity index (χ3v) is 7.11. The van der Waals surface area contributed by atoms with E-state index < -0.39 is 0 Å². The molecule has 0 saturated heterocycles. The van der Waals surface area contributed by atoms with Gasteiger partial charge in [0.1, 0.15) is 0 Å². The average Bonchev–Trinajstić information content (AvgIpc) is 3.67. The maximum atomic E-state index is 12.8. The molecule has 0 unspecified atom stereocenters. The second kappa shape index (κ2) is 8.61. The molecule has 7 rings (SSSR count). The Balaban J connectivity index is 1.23. The van der Waals surface area contributed by atoms with Gasteiger partial charge < -0.3 is 10.3 Å². The van der Waals surface area contributed by atoms with Gasteiger partial charge in [-0.25, -0.2) is 9.97 Å². The maximum absolute atomic E-state index is 12.8. The maximum Gasteiger partial charge on any atom is 0.183 e. The number of nitrogens with one attached hydrogen (secondary N) is 3. The van der Waals surface area contributed by atoms with E-state index in [2.05, 4.69) is 30.7 Å². The predicted molar refractivity (Wildman–Crippen MR) is 144 cm³/mol. The van der Waals surface area contributed by atoms with Crippen molar-refractivity contribution in [3.05, 3.63) is 89.8 Å². The number of anilines is 2. The quantitative estimate of drug-likeness (QED) is 0.250. The van der Waals surface area contributed by atoms with Gasteiger partial charge in [0, 0.05) is 40.2 Å². The van der Waals surface area contributed by atoms with Crippen molar-refractivity contribution in [2.75, 3.05) is 5.32 Å². The fourth-order valence-corrected chi connectivity index (χ4v) is 5.13. The number of thiophene rings is 1. The Labute approximate surface area is 213 Å². The van der Waals surface area contributed by atoms with Crippen LogP contribution in [0.3, 0.4) is 0 Å². The van der Waals surface area contributed by atoms with Gasteiger partial charge in [0.2, 0.25) is 0 Å². The topological polar surface area (TPSA) is 125 Å². The number of fused-ring (bicyclic) bond motifs is 3. The number of nitrogens with zero attached hydrogens (tertiary/aromatic N) is 5. The molecular weight excluding hydrogens is 484 g/mol. The monoisotopic (exact) mass is 502 g/mol. The van der Waals surface area contributed by atoms with Crippen LogP contribution in [0.4, 0.5) is 11.5 Å². The summed E-state index contributed by atoms with van der Waals surface area (Å²) in [7, 11) is 0. The van der Waals surface area contributed by atoms with E-state index >= 15 is 0 Å². The number of aromatic nitrogens is 7. The second-order valence-corrected chi connectivity index (χ2v) is 9.58. The zero-order chi connectivity index (χ0) is 24.8. The van der Waals surface area contributed by atoms with Crippen LogP contribution >= 0.6 is 11.3 Å². The molecular formula is C27H18N8OS. The molecule has 37 heavy (non-hydrogen) atoms. The molecule has 5 heterocycles. The number of carbonyl (C=O) groups is 1. The molecule has 5 aromatic heterocycles. The second-order valence-electron chi connectivity index (χ2n) is 8.66. The molecule has 0 spiro atoms. The van der Waals surface area contributed by atoms with Crippen LogP contribution < -0.4 is 5.32 Å². The van der Waals surface area contributed by atoms with Gasteiger partial charge in [-0.15, -0.1) is 11.3 Å². The number of carbonyl (C=O) groups excluding carboxylic acids is 1. The van der Waals surface area contributed by atoms with Gasteiger partial charge in [-0.2, -0.15) is 15.3 Å². The molecule has 0 aliphatic rings. The molecule has 0 radical (unpaired) electrons. The van der Waals surface area contributed by atoms with E-state index in [0.717, 1.165) is 54.7 Å². The van der Waals surface area contributed by atoms with Crippen molar-refractivity contribution < 1.29 is 4.79 Å². The van der Waals surface area contributed by atoms with Gasteiger partial charge in [-0.3, -0.25) is 9.89 Å². The molecule has 0 atom stereocenters. The lowest BCUT2D eigenvalue weighted by Crippen LogP contribution is -2.04. The lowest BCUT2D eigenvalue weighted by Gasteiger charge is -2.09. The first-order valence-corrected chi connectivity index (χ1v) is 12.4. The highest BCUT2D eigenvalue weighted by molar-refractivity contribution is 7.17. The number of benzene rings is 2. The Hall–Kier alpha value is -4.96. The Bertz CT molecular complexity index is 1920. The Morgan fingerprint density at radius 1 is 0.919 bits per heavy atom. The molecule has 0 amide bonds. The Kier molecular flexibility index (Phi) is 4.96. The SMILES string of the molecule is O=C(Cc1ccnnc1)c1cc2ccc(-c3nc(Nc4ccc5[nH]ncc5c4)c4sccc4n3)cc2[nH]1. The first kappa shape index (κ1) is 21.3. The van der Waals surface area contributed by atoms with Crippen molar-refractivity contribution >= 4 is 60.6 Å². The van der Waals surface area contributed by atoms with Crippen molar-refractivity contribution in [3.8, 4) is 11.4 Å². The zero-order valence-electron chi connectivity index (χ0n) is 19.3. The summed E-state index contributed by atoms with van der Waals surface area (Å²) >= 11 is 1.59. The molecule has 7 aromatic rings. The van der Waals surface area contributed by atoms with Gasteiger partial charge in [0.15, 0.2) is 17.4 Å². The fraction of sp³-hybridized carbons (Fsp3) is 0.0370. The smallest absolute Gasteiger partial charge is 0.183 e. The number of rotatable bonds is 6. The number of aromatic amines is 2. The Morgan fingerprint density at radius 2 is 1.89 bits per heavy atom. The first-order chi connectivity index (χ1) is 18.2. The minimum Gasteiger partial charge on any atom is -0.352 e. The zero-order valence-corrected chi connectivity index (χ0v) is 20.1. The number of H-pyrrole nitrogens is 2. The first-order valence-electron chi connectivity index (χ1n) is 11.6. The standard InChI is InChI=1S/C27H18N8OS/c36-24(9-15-5-7-28-29-13-15)23-11-16-1-2-17(12-22(16)32-23)26-33-21-6-8-37-25(21)27(34-26)31-19-3-4-20-18(10-19)14-30-35-20/h1-8,10-14,32H,9H2,(H,30,35)(H,31,33,34). The van der Waals surface area contributed by atoms with Crippen molar-refractivity contribution in [1.29, 1.82) is 0 Å². The van der Waals surface area contributed by atoms with Gasteiger partial charge in [-0.1, -0.05) is 12.1 Å². The number of ketones is 1. The summed E-state index contributed by atoms with van der Waals surface area (Å²) in [6.45, 7) is 0. The minimum absolute atomic E-state index is 0.0113. The predicted octanol–water partition coefficient (Wildman–Crippen LogP) is 5.67. The minimum atomic E-state index is -0.0113. The van der Waals surface area contributed by atoms with Crippen LogP contribution in [0.2, 0.25) is 0 Å². The van der Waals surface area contributed by atoms with Gasteiger partial charge in [-0.05, 0) is 53.4 Å². The Morgan fingerprint density at radius 3 is 2.81 bits per heavy atom. The summed E-state index contributed by atoms with van der Waals surface area (Å²) in [4.78, 5) is 25.8. The average molecular weight is 503 g/mol. The van der Waals surface area contributed by atoms with Crippen molar-refractivity contribution in [3.63, 3.8) is 0 Å². The van der Waals surface area contributed by atoms with E-state index in [0.29, 0.717) is 11.5 Å². The molecule has 0 fully saturated rings. The van der Waals surface area contributed by atoms with Crippen LogP contribution in [0, 0.1) is 0 Å². The lowest BCUT2D eigenvalue weighted by atomic mass is 10.1. The molecule has 0 aliphatic carbocycles. The normalized spacial score (nSPS) is 11.5. The van der Waals surface area contributed by atoms with E-state index in [9.17, 15) is 4.79 Å². The van der Waals surface area contributed by atoms with Crippen LogP contribution in [0.25, 0.3) is 43.4 Å². The molecule has 10 heteroatoms. The summed E-state index contributed by atoms with van der Waals surface area (Å²) in [6, 6.07) is 17.6. The molecule has 3 N–H and O–H groups in total. The fourth-order valence-electron chi connectivity index (χ4n) is 4.35. The van der Waals surface area contributed by atoms with Crippen molar-refractivity contribution in [2.45, 2.75) is 6.42 Å². The highest BCUT2D eigenvalue weighted by atomic mass is 32.1. The highest BCUT2D eigenvalue weighted by Gasteiger charge is 2.15. The molecule has 0 aliphatic heterocycles. The van der Waals surface area contributed by atoms with Crippen molar-refractivity contribution in [1.82, 2.24) is 35.3 Å². The number of hydrogen-bond donors (Lipinski definition) is 3. The van der Waals surface area contributed by atoms with Gasteiger partial charge >= 0.3 is 0 Å². The summed E-state index contributed by atoms with van der Waals surface area (Å²) in [5.74, 6) is 1.33. The van der Waals surface area contributed by atoms with E-state index in [4.69, 9.17) is 9.97 Å². The van der Waals surface area contributed by atoms with Crippen LogP contribution in [-0.4, -0.2) is 41.1 Å². The molecule has 0 bridgehead atoms.